The Morgan fingerprint density at radius 1 is 1.11 bits per heavy atom. The van der Waals surface area contributed by atoms with Gasteiger partial charge in [-0.3, -0.25) is 0 Å². The number of halogens is 3. The molecule has 2 rings (SSSR count). The molecule has 0 saturated heterocycles. The topological polar surface area (TPSA) is 12.0 Å². The third kappa shape index (κ3) is 3.51. The molecule has 0 aromatic heterocycles. The molecule has 1 atom stereocenters. The minimum atomic E-state index is 0.0623. The van der Waals surface area contributed by atoms with Gasteiger partial charge >= 0.3 is 0 Å². The molecular weight excluding hydrogens is 345 g/mol. The van der Waals surface area contributed by atoms with Crippen LogP contribution in [0.4, 0.5) is 0 Å². The molecule has 1 nitrogen and oxygen atoms in total. The molecule has 0 fully saturated rings. The number of hydrogen-bond acceptors (Lipinski definition) is 1. The van der Waals surface area contributed by atoms with Gasteiger partial charge in [-0.15, -0.1) is 0 Å². The van der Waals surface area contributed by atoms with Crippen molar-refractivity contribution in [1.29, 1.82) is 0 Å². The normalized spacial score (nSPS) is 12.4. The fourth-order valence-corrected chi connectivity index (χ4v) is 2.75. The van der Waals surface area contributed by atoms with E-state index in [4.69, 9.17) is 23.2 Å². The summed E-state index contributed by atoms with van der Waals surface area (Å²) in [7, 11) is 0. The van der Waals surface area contributed by atoms with Crippen molar-refractivity contribution in [2.75, 3.05) is 6.54 Å². The third-order valence-corrected chi connectivity index (χ3v) is 4.47. The summed E-state index contributed by atoms with van der Waals surface area (Å²) in [5.74, 6) is 0. The third-order valence-electron chi connectivity index (χ3n) is 2.90. The van der Waals surface area contributed by atoms with Gasteiger partial charge in [0.15, 0.2) is 0 Å². The van der Waals surface area contributed by atoms with Crippen LogP contribution < -0.4 is 5.32 Å². The summed E-state index contributed by atoms with van der Waals surface area (Å²) in [4.78, 5) is 0. The maximum absolute atomic E-state index is 6.39. The molecule has 0 amide bonds. The van der Waals surface area contributed by atoms with Crippen molar-refractivity contribution >= 4 is 39.1 Å². The number of hydrogen-bond donors (Lipinski definition) is 1. The highest BCUT2D eigenvalue weighted by Gasteiger charge is 2.17. The molecule has 1 unspecified atom stereocenters. The van der Waals surface area contributed by atoms with Gasteiger partial charge in [-0.05, 0) is 51.8 Å². The van der Waals surface area contributed by atoms with Gasteiger partial charge in [0.25, 0.3) is 0 Å². The molecule has 2 aromatic carbocycles. The van der Waals surface area contributed by atoms with Crippen LogP contribution in [-0.4, -0.2) is 6.54 Å². The second-order valence-electron chi connectivity index (χ2n) is 4.19. The summed E-state index contributed by atoms with van der Waals surface area (Å²) in [6, 6.07) is 13.9. The molecule has 0 heterocycles. The largest absolute Gasteiger partial charge is 0.306 e. The molecular formula is C15H14BrCl2N. The van der Waals surface area contributed by atoms with E-state index in [1.807, 2.05) is 42.5 Å². The van der Waals surface area contributed by atoms with Crippen molar-refractivity contribution in [1.82, 2.24) is 5.32 Å². The first-order valence-corrected chi connectivity index (χ1v) is 7.61. The van der Waals surface area contributed by atoms with Gasteiger partial charge in [0.05, 0.1) is 11.1 Å². The lowest BCUT2D eigenvalue weighted by Gasteiger charge is -2.20. The van der Waals surface area contributed by atoms with Crippen LogP contribution in [0.3, 0.4) is 0 Å². The standard InChI is InChI=1S/C15H14BrCl2N/c1-2-19-15(10-6-8-11(17)9-7-10)12-4-3-5-13(16)14(12)18/h3-9,15,19H,2H2,1H3. The first-order valence-electron chi connectivity index (χ1n) is 6.06. The van der Waals surface area contributed by atoms with E-state index in [1.54, 1.807) is 0 Å². The van der Waals surface area contributed by atoms with Gasteiger partial charge in [-0.25, -0.2) is 0 Å². The summed E-state index contributed by atoms with van der Waals surface area (Å²) in [5.41, 5.74) is 2.20. The summed E-state index contributed by atoms with van der Waals surface area (Å²) in [6.07, 6.45) is 0. The average molecular weight is 359 g/mol. The van der Waals surface area contributed by atoms with Gasteiger partial charge in [0.1, 0.15) is 0 Å². The summed E-state index contributed by atoms with van der Waals surface area (Å²) in [6.45, 7) is 2.94. The molecule has 0 bridgehead atoms. The van der Waals surface area contributed by atoms with E-state index in [0.29, 0.717) is 0 Å². The van der Waals surface area contributed by atoms with Crippen LogP contribution in [0.15, 0.2) is 46.9 Å². The molecule has 100 valence electrons. The minimum absolute atomic E-state index is 0.0623. The van der Waals surface area contributed by atoms with Crippen LogP contribution in [0, 0.1) is 0 Å². The summed E-state index contributed by atoms with van der Waals surface area (Å²) < 4.78 is 0.906. The van der Waals surface area contributed by atoms with Crippen molar-refractivity contribution < 1.29 is 0 Å². The van der Waals surface area contributed by atoms with Crippen molar-refractivity contribution in [2.45, 2.75) is 13.0 Å². The highest BCUT2D eigenvalue weighted by atomic mass is 79.9. The zero-order valence-electron chi connectivity index (χ0n) is 10.5. The zero-order valence-corrected chi connectivity index (χ0v) is 13.6. The highest BCUT2D eigenvalue weighted by molar-refractivity contribution is 9.10. The van der Waals surface area contributed by atoms with Crippen LogP contribution in [0.1, 0.15) is 24.1 Å². The van der Waals surface area contributed by atoms with Crippen LogP contribution in [0.25, 0.3) is 0 Å². The molecule has 0 aliphatic heterocycles. The molecule has 2 aromatic rings. The van der Waals surface area contributed by atoms with E-state index in [0.717, 1.165) is 32.2 Å². The Bertz CT molecular complexity index is 555. The fraction of sp³-hybridized carbons (Fsp3) is 0.200. The maximum atomic E-state index is 6.39. The van der Waals surface area contributed by atoms with Gasteiger partial charge in [0.2, 0.25) is 0 Å². The van der Waals surface area contributed by atoms with E-state index >= 15 is 0 Å². The Labute approximate surface area is 132 Å². The minimum Gasteiger partial charge on any atom is -0.306 e. The summed E-state index contributed by atoms with van der Waals surface area (Å²) >= 11 is 15.8. The van der Waals surface area contributed by atoms with E-state index in [1.165, 1.54) is 0 Å². The predicted octanol–water partition coefficient (Wildman–Crippen LogP) is 5.45. The van der Waals surface area contributed by atoms with Crippen LogP contribution in [-0.2, 0) is 0 Å². The summed E-state index contributed by atoms with van der Waals surface area (Å²) in [5, 5.41) is 4.93. The molecule has 0 aliphatic carbocycles. The van der Waals surface area contributed by atoms with E-state index in [9.17, 15) is 0 Å². The van der Waals surface area contributed by atoms with Crippen molar-refractivity contribution in [3.05, 3.63) is 68.1 Å². The monoisotopic (exact) mass is 357 g/mol. The van der Waals surface area contributed by atoms with E-state index in [2.05, 4.69) is 28.2 Å². The first kappa shape index (κ1) is 14.9. The van der Waals surface area contributed by atoms with Gasteiger partial charge in [-0.1, -0.05) is 54.4 Å². The van der Waals surface area contributed by atoms with Gasteiger partial charge in [0, 0.05) is 9.50 Å². The lowest BCUT2D eigenvalue weighted by molar-refractivity contribution is 0.630. The smallest absolute Gasteiger partial charge is 0.0599 e. The van der Waals surface area contributed by atoms with Crippen LogP contribution >= 0.6 is 39.1 Å². The zero-order chi connectivity index (χ0) is 13.8. The van der Waals surface area contributed by atoms with Crippen LogP contribution in [0.2, 0.25) is 10.0 Å². The first-order chi connectivity index (χ1) is 9.13. The van der Waals surface area contributed by atoms with Crippen molar-refractivity contribution in [3.63, 3.8) is 0 Å². The Morgan fingerprint density at radius 2 is 1.79 bits per heavy atom. The molecule has 0 aliphatic rings. The second kappa shape index (κ2) is 6.76. The predicted molar refractivity (Wildman–Crippen MR) is 86.1 cm³/mol. The number of benzene rings is 2. The maximum Gasteiger partial charge on any atom is 0.0599 e. The van der Waals surface area contributed by atoms with Crippen molar-refractivity contribution in [3.8, 4) is 0 Å². The SMILES string of the molecule is CCNC(c1ccc(Cl)cc1)c1cccc(Br)c1Cl. The number of rotatable bonds is 4. The second-order valence-corrected chi connectivity index (χ2v) is 5.85. The highest BCUT2D eigenvalue weighted by Crippen LogP contribution is 2.33. The Hall–Kier alpha value is -0.540. The molecule has 4 heteroatoms. The lowest BCUT2D eigenvalue weighted by atomic mass is 9.98. The molecule has 0 radical (unpaired) electrons. The molecule has 0 spiro atoms. The number of nitrogens with one attached hydrogen (secondary N) is 1. The van der Waals surface area contributed by atoms with E-state index in [-0.39, 0.29) is 6.04 Å². The van der Waals surface area contributed by atoms with E-state index < -0.39 is 0 Å². The molecule has 1 N–H and O–H groups in total. The quantitative estimate of drug-likeness (QED) is 0.765. The Morgan fingerprint density at radius 3 is 2.42 bits per heavy atom. The average Bonchev–Trinajstić information content (AvgIpc) is 2.41. The van der Waals surface area contributed by atoms with Gasteiger partial charge in [-0.2, -0.15) is 0 Å². The lowest BCUT2D eigenvalue weighted by Crippen LogP contribution is -2.22. The molecule has 19 heavy (non-hydrogen) atoms. The Kier molecular flexibility index (Phi) is 5.28. The van der Waals surface area contributed by atoms with Gasteiger partial charge < -0.3 is 5.32 Å². The Balaban J connectivity index is 2.45. The van der Waals surface area contributed by atoms with Crippen molar-refractivity contribution in [2.24, 2.45) is 0 Å². The van der Waals surface area contributed by atoms with Crippen LogP contribution in [0.5, 0.6) is 0 Å². The fourth-order valence-electron chi connectivity index (χ4n) is 2.01. The molecule has 0 saturated carbocycles.